The van der Waals surface area contributed by atoms with Crippen molar-refractivity contribution < 1.29 is 22.7 Å². The van der Waals surface area contributed by atoms with Crippen LogP contribution in [0, 0.1) is 5.41 Å². The standard InChI is InChI=1S/C35H54N3O4S/c1-5-7-16-35(17-8-6-2)27-43(40,41)32-15-12-29(36(3)4)26-31(32)33(34(35)39)28-10-13-30(14-11-28)42-25-9-21-38-22-18-37(19-23-38)20-24-38/h10-15,26,33-34,39H,5-9,16-25,27H2,1-4H3/q+1/t33?,34-/m1/s1. The SMILES string of the molecule is CCCCC1(CCCC)CS(=O)(=O)c2ccc(N(C)C)cc2C(c2ccc(OCCC[N+]34CCN(CC3)CC4)cc2)[C@H]1O. The number of piperazine rings is 3. The molecule has 0 saturated carbocycles. The summed E-state index contributed by atoms with van der Waals surface area (Å²) in [7, 11) is 0.323. The van der Waals surface area contributed by atoms with Crippen LogP contribution in [0.15, 0.2) is 47.4 Å². The largest absolute Gasteiger partial charge is 0.493 e. The van der Waals surface area contributed by atoms with Crippen LogP contribution in [0.4, 0.5) is 5.69 Å². The first-order chi connectivity index (χ1) is 20.6. The lowest BCUT2D eigenvalue weighted by Crippen LogP contribution is -2.67. The molecule has 4 aliphatic rings. The zero-order valence-electron chi connectivity index (χ0n) is 26.9. The molecule has 3 saturated heterocycles. The van der Waals surface area contributed by atoms with E-state index in [0.717, 1.165) is 49.1 Å². The third-order valence-electron chi connectivity index (χ3n) is 10.6. The molecule has 2 bridgehead atoms. The Labute approximate surface area is 260 Å². The number of hydrogen-bond acceptors (Lipinski definition) is 6. The molecule has 0 aliphatic carbocycles. The van der Waals surface area contributed by atoms with Gasteiger partial charge in [-0.1, -0.05) is 51.7 Å². The number of nitrogens with zero attached hydrogens (tertiary/aromatic N) is 3. The molecule has 4 aliphatic heterocycles. The monoisotopic (exact) mass is 612 g/mol. The average Bonchev–Trinajstić information content (AvgIpc) is 3.08. The van der Waals surface area contributed by atoms with Crippen molar-refractivity contribution in [3.63, 3.8) is 0 Å². The van der Waals surface area contributed by atoms with E-state index in [0.29, 0.717) is 29.9 Å². The summed E-state index contributed by atoms with van der Waals surface area (Å²) >= 11 is 0. The van der Waals surface area contributed by atoms with Crippen LogP contribution in [0.25, 0.3) is 0 Å². The summed E-state index contributed by atoms with van der Waals surface area (Å²) in [4.78, 5) is 4.94. The number of benzene rings is 2. The molecule has 3 fully saturated rings. The third kappa shape index (κ3) is 6.92. The number of aliphatic hydroxyl groups excluding tert-OH is 1. The topological polar surface area (TPSA) is 70.1 Å². The van der Waals surface area contributed by atoms with Crippen molar-refractivity contribution in [2.24, 2.45) is 5.41 Å². The maximum absolute atomic E-state index is 14.1. The van der Waals surface area contributed by atoms with E-state index < -0.39 is 27.3 Å². The first-order valence-electron chi connectivity index (χ1n) is 16.6. The van der Waals surface area contributed by atoms with Gasteiger partial charge >= 0.3 is 0 Å². The van der Waals surface area contributed by atoms with Gasteiger partial charge in [0.2, 0.25) is 0 Å². The highest BCUT2D eigenvalue weighted by Crippen LogP contribution is 2.50. The first-order valence-corrected chi connectivity index (χ1v) is 18.3. The van der Waals surface area contributed by atoms with E-state index in [1.807, 2.05) is 55.4 Å². The number of quaternary nitrogens is 1. The molecule has 238 valence electrons. The van der Waals surface area contributed by atoms with Gasteiger partial charge in [-0.05, 0) is 54.3 Å². The first kappa shape index (κ1) is 32.3. The normalized spacial score (nSPS) is 27.3. The van der Waals surface area contributed by atoms with E-state index in [2.05, 4.69) is 18.7 Å². The fourth-order valence-electron chi connectivity index (χ4n) is 7.82. The van der Waals surface area contributed by atoms with Crippen molar-refractivity contribution >= 4 is 15.5 Å². The molecule has 0 amide bonds. The fraction of sp³-hybridized carbons (Fsp3) is 0.657. The molecule has 8 heteroatoms. The number of hydrogen-bond donors (Lipinski definition) is 1. The number of anilines is 1. The summed E-state index contributed by atoms with van der Waals surface area (Å²) in [5.74, 6) is 0.377. The summed E-state index contributed by atoms with van der Waals surface area (Å²) in [5, 5.41) is 12.4. The maximum atomic E-state index is 14.1. The van der Waals surface area contributed by atoms with Gasteiger partial charge in [-0.15, -0.1) is 0 Å². The van der Waals surface area contributed by atoms with Crippen molar-refractivity contribution in [2.75, 3.05) is 77.2 Å². The highest BCUT2D eigenvalue weighted by Gasteiger charge is 2.49. The second-order valence-electron chi connectivity index (χ2n) is 13.7. The van der Waals surface area contributed by atoms with Gasteiger partial charge in [-0.25, -0.2) is 8.42 Å². The van der Waals surface area contributed by atoms with Crippen molar-refractivity contribution in [3.8, 4) is 5.75 Å². The Morgan fingerprint density at radius 3 is 2.16 bits per heavy atom. The Bertz CT molecular complexity index is 1300. The highest BCUT2D eigenvalue weighted by molar-refractivity contribution is 7.91. The van der Waals surface area contributed by atoms with E-state index in [1.54, 1.807) is 6.07 Å². The van der Waals surface area contributed by atoms with Gasteiger partial charge < -0.3 is 19.2 Å². The lowest BCUT2D eigenvalue weighted by molar-refractivity contribution is -0.941. The smallest absolute Gasteiger partial charge is 0.179 e. The molecule has 6 rings (SSSR count). The number of unbranched alkanes of at least 4 members (excludes halogenated alkanes) is 2. The Balaban J connectivity index is 1.42. The van der Waals surface area contributed by atoms with Gasteiger partial charge in [-0.2, -0.15) is 0 Å². The van der Waals surface area contributed by atoms with Crippen molar-refractivity contribution in [1.82, 2.24) is 4.90 Å². The number of fused-ring (bicyclic) bond motifs is 4. The molecule has 2 aromatic carbocycles. The van der Waals surface area contributed by atoms with Crippen LogP contribution in [0.5, 0.6) is 5.75 Å². The van der Waals surface area contributed by atoms with Crippen LogP contribution in [0.3, 0.4) is 0 Å². The van der Waals surface area contributed by atoms with Crippen LogP contribution in [0.1, 0.15) is 75.8 Å². The molecule has 1 N–H and O–H groups in total. The zero-order valence-corrected chi connectivity index (χ0v) is 27.7. The van der Waals surface area contributed by atoms with Gasteiger partial charge in [0.1, 0.15) is 5.75 Å². The Morgan fingerprint density at radius 1 is 0.953 bits per heavy atom. The van der Waals surface area contributed by atoms with Gasteiger partial charge in [0.15, 0.2) is 9.84 Å². The summed E-state index contributed by atoms with van der Waals surface area (Å²) in [6, 6.07) is 13.7. The quantitative estimate of drug-likeness (QED) is 0.244. The number of ether oxygens (including phenoxy) is 1. The van der Waals surface area contributed by atoms with Crippen LogP contribution in [0.2, 0.25) is 0 Å². The molecule has 1 unspecified atom stereocenters. The Hall–Kier alpha value is -2.13. The molecule has 0 spiro atoms. The molecular weight excluding hydrogens is 558 g/mol. The Morgan fingerprint density at radius 2 is 1.58 bits per heavy atom. The van der Waals surface area contributed by atoms with Gasteiger partial charge in [-0.3, -0.25) is 4.90 Å². The predicted octanol–water partition coefficient (Wildman–Crippen LogP) is 5.31. The van der Waals surface area contributed by atoms with E-state index in [1.165, 1.54) is 50.3 Å². The number of rotatable bonds is 13. The molecule has 0 radical (unpaired) electrons. The lowest BCUT2D eigenvalue weighted by Gasteiger charge is -2.50. The van der Waals surface area contributed by atoms with Crippen LogP contribution < -0.4 is 9.64 Å². The molecule has 7 nitrogen and oxygen atoms in total. The third-order valence-corrected chi connectivity index (χ3v) is 12.6. The molecule has 4 heterocycles. The van der Waals surface area contributed by atoms with Gasteiger partial charge in [0.05, 0.1) is 49.5 Å². The van der Waals surface area contributed by atoms with Crippen LogP contribution in [-0.4, -0.2) is 101 Å². The second kappa shape index (κ2) is 13.5. The van der Waals surface area contributed by atoms with E-state index in [-0.39, 0.29) is 5.75 Å². The highest BCUT2D eigenvalue weighted by atomic mass is 32.2. The van der Waals surface area contributed by atoms with E-state index in [4.69, 9.17) is 4.74 Å². The minimum absolute atomic E-state index is 0.00873. The Kier molecular flexibility index (Phi) is 10.1. The number of sulfone groups is 1. The van der Waals surface area contributed by atoms with E-state index >= 15 is 0 Å². The van der Waals surface area contributed by atoms with Gasteiger partial charge in [0, 0.05) is 57.2 Å². The summed E-state index contributed by atoms with van der Waals surface area (Å²) in [6.45, 7) is 13.6. The average molecular weight is 613 g/mol. The summed E-state index contributed by atoms with van der Waals surface area (Å²) in [6.07, 6.45) is 5.35. The minimum Gasteiger partial charge on any atom is -0.493 e. The predicted molar refractivity (Wildman–Crippen MR) is 175 cm³/mol. The second-order valence-corrected chi connectivity index (χ2v) is 15.7. The summed E-state index contributed by atoms with van der Waals surface area (Å²) in [5.41, 5.74) is 1.88. The molecule has 2 atom stereocenters. The number of aliphatic hydroxyl groups is 1. The van der Waals surface area contributed by atoms with Crippen LogP contribution >= 0.6 is 0 Å². The van der Waals surface area contributed by atoms with E-state index in [9.17, 15) is 13.5 Å². The molecule has 2 aromatic rings. The molecular formula is C35H54N3O4S+. The van der Waals surface area contributed by atoms with Crippen molar-refractivity contribution in [3.05, 3.63) is 53.6 Å². The van der Waals surface area contributed by atoms with Gasteiger partial charge in [0.25, 0.3) is 0 Å². The molecule has 0 aromatic heterocycles. The van der Waals surface area contributed by atoms with Crippen molar-refractivity contribution in [1.29, 1.82) is 0 Å². The fourth-order valence-corrected chi connectivity index (χ4v) is 10.0. The minimum atomic E-state index is -3.61. The lowest BCUT2D eigenvalue weighted by atomic mass is 9.68. The van der Waals surface area contributed by atoms with Crippen LogP contribution in [-0.2, 0) is 9.84 Å². The molecule has 43 heavy (non-hydrogen) atoms. The zero-order chi connectivity index (χ0) is 30.7. The van der Waals surface area contributed by atoms with Crippen molar-refractivity contribution in [2.45, 2.75) is 75.7 Å². The maximum Gasteiger partial charge on any atom is 0.179 e. The summed E-state index contributed by atoms with van der Waals surface area (Å²) < 4.78 is 35.6.